The van der Waals surface area contributed by atoms with E-state index in [2.05, 4.69) is 22.2 Å². The number of carbonyl (C=O) groups is 1. The second-order valence-corrected chi connectivity index (χ2v) is 7.06. The number of carbonyl (C=O) groups excluding carboxylic acids is 1. The Bertz CT molecular complexity index is 929. The van der Waals surface area contributed by atoms with Gasteiger partial charge in [0.1, 0.15) is 12.7 Å². The van der Waals surface area contributed by atoms with Gasteiger partial charge in [0.2, 0.25) is 0 Å². The highest BCUT2D eigenvalue weighted by Gasteiger charge is 2.35. The van der Waals surface area contributed by atoms with Gasteiger partial charge >= 0.3 is 0 Å². The van der Waals surface area contributed by atoms with Crippen LogP contribution in [0.3, 0.4) is 0 Å². The van der Waals surface area contributed by atoms with E-state index in [1.165, 1.54) is 11.9 Å². The normalized spacial score (nSPS) is 18.7. The zero-order valence-corrected chi connectivity index (χ0v) is 16.5. The summed E-state index contributed by atoms with van der Waals surface area (Å²) in [5, 5.41) is 4.16. The van der Waals surface area contributed by atoms with Gasteiger partial charge in [-0.1, -0.05) is 30.3 Å². The van der Waals surface area contributed by atoms with Crippen molar-refractivity contribution in [2.24, 2.45) is 11.7 Å². The Morgan fingerprint density at radius 2 is 1.96 bits per heavy atom. The van der Waals surface area contributed by atoms with Gasteiger partial charge in [0.15, 0.2) is 0 Å². The van der Waals surface area contributed by atoms with Crippen LogP contribution in [-0.4, -0.2) is 45.2 Å². The number of rotatable bonds is 4. The maximum atomic E-state index is 13.1. The minimum atomic E-state index is 0. The molecule has 1 amide bonds. The lowest BCUT2D eigenvalue weighted by molar-refractivity contribution is 0.0786. The zero-order valence-electron chi connectivity index (χ0n) is 15.7. The van der Waals surface area contributed by atoms with Gasteiger partial charge in [0, 0.05) is 24.6 Å². The number of nitrogens with zero attached hydrogens (tertiary/aromatic N) is 4. The number of aromatic nitrogens is 3. The third-order valence-corrected chi connectivity index (χ3v) is 5.37. The van der Waals surface area contributed by atoms with E-state index in [1.54, 1.807) is 11.0 Å². The van der Waals surface area contributed by atoms with E-state index in [-0.39, 0.29) is 30.2 Å². The van der Waals surface area contributed by atoms with Gasteiger partial charge in [-0.2, -0.15) is 5.10 Å². The van der Waals surface area contributed by atoms with Gasteiger partial charge in [0.05, 0.1) is 5.69 Å². The molecule has 2 heterocycles. The van der Waals surface area contributed by atoms with Gasteiger partial charge < -0.3 is 10.6 Å². The number of hydrogen-bond donors (Lipinski definition) is 1. The fraction of sp³-hybridized carbons (Fsp3) is 0.286. The molecule has 1 saturated heterocycles. The van der Waals surface area contributed by atoms with E-state index in [0.717, 1.165) is 11.3 Å². The lowest BCUT2D eigenvalue weighted by Gasteiger charge is -2.17. The molecule has 4 rings (SSSR count). The molecule has 0 saturated carbocycles. The first kappa shape index (κ1) is 20.0. The fourth-order valence-corrected chi connectivity index (χ4v) is 3.91. The minimum Gasteiger partial charge on any atom is -0.338 e. The molecule has 0 bridgehead atoms. The molecule has 6 nitrogen and oxygen atoms in total. The summed E-state index contributed by atoms with van der Waals surface area (Å²) in [6, 6.07) is 16.0. The smallest absolute Gasteiger partial charge is 0.253 e. The SMILES string of the molecule is Cc1cc(C(=O)N2C[C@@H](CN)[C@H](c3ccccc3)C2)ccc1-n1cncn1.Cl. The number of likely N-dealkylation sites (tertiary alicyclic amines) is 1. The second kappa shape index (κ2) is 8.54. The monoisotopic (exact) mass is 397 g/mol. The lowest BCUT2D eigenvalue weighted by atomic mass is 9.89. The third-order valence-electron chi connectivity index (χ3n) is 5.37. The Labute approximate surface area is 170 Å². The molecule has 7 heteroatoms. The van der Waals surface area contributed by atoms with Gasteiger partial charge in [-0.3, -0.25) is 4.79 Å². The van der Waals surface area contributed by atoms with Crippen LogP contribution in [0.2, 0.25) is 0 Å². The molecule has 2 aromatic carbocycles. The number of nitrogens with two attached hydrogens (primary N) is 1. The van der Waals surface area contributed by atoms with Crippen molar-refractivity contribution in [1.29, 1.82) is 0 Å². The molecule has 1 aromatic heterocycles. The van der Waals surface area contributed by atoms with Crippen LogP contribution in [-0.2, 0) is 0 Å². The number of halogens is 1. The van der Waals surface area contributed by atoms with Crippen molar-refractivity contribution in [1.82, 2.24) is 19.7 Å². The molecule has 0 aliphatic carbocycles. The first-order chi connectivity index (χ1) is 13.2. The van der Waals surface area contributed by atoms with Crippen LogP contribution >= 0.6 is 12.4 Å². The quantitative estimate of drug-likeness (QED) is 0.734. The van der Waals surface area contributed by atoms with Gasteiger partial charge in [-0.15, -0.1) is 12.4 Å². The van der Waals surface area contributed by atoms with Crippen LogP contribution in [0.15, 0.2) is 61.2 Å². The summed E-state index contributed by atoms with van der Waals surface area (Å²) in [6.45, 7) is 3.95. The van der Waals surface area contributed by atoms with E-state index in [1.807, 2.05) is 48.2 Å². The molecule has 1 aliphatic rings. The highest BCUT2D eigenvalue weighted by molar-refractivity contribution is 5.95. The van der Waals surface area contributed by atoms with Crippen molar-refractivity contribution in [3.63, 3.8) is 0 Å². The lowest BCUT2D eigenvalue weighted by Crippen LogP contribution is -2.30. The average molecular weight is 398 g/mol. The van der Waals surface area contributed by atoms with Gasteiger partial charge in [-0.25, -0.2) is 9.67 Å². The van der Waals surface area contributed by atoms with Crippen LogP contribution in [0.5, 0.6) is 0 Å². The Kier molecular flexibility index (Phi) is 6.11. The van der Waals surface area contributed by atoms with E-state index < -0.39 is 0 Å². The Morgan fingerprint density at radius 3 is 2.61 bits per heavy atom. The fourth-order valence-electron chi connectivity index (χ4n) is 3.91. The van der Waals surface area contributed by atoms with E-state index in [9.17, 15) is 4.79 Å². The summed E-state index contributed by atoms with van der Waals surface area (Å²) in [5.41, 5.74) is 9.86. The van der Waals surface area contributed by atoms with E-state index in [0.29, 0.717) is 25.2 Å². The molecule has 2 atom stereocenters. The standard InChI is InChI=1S/C21H23N5O.ClH/c1-15-9-17(7-8-20(15)26-14-23-13-24-26)21(27)25-11-18(10-22)19(12-25)16-5-3-2-4-6-16;/h2-9,13-14,18-19H,10-12,22H2,1H3;1H/t18-,19+;/m1./s1. The van der Waals surface area contributed by atoms with Crippen LogP contribution in [0.1, 0.15) is 27.4 Å². The highest BCUT2D eigenvalue weighted by Crippen LogP contribution is 2.33. The van der Waals surface area contributed by atoms with Crippen molar-refractivity contribution < 1.29 is 4.79 Å². The molecular weight excluding hydrogens is 374 g/mol. The Morgan fingerprint density at radius 1 is 1.18 bits per heavy atom. The first-order valence-corrected chi connectivity index (χ1v) is 9.17. The third kappa shape index (κ3) is 3.79. The largest absolute Gasteiger partial charge is 0.338 e. The zero-order chi connectivity index (χ0) is 18.8. The molecule has 1 fully saturated rings. The maximum absolute atomic E-state index is 13.1. The number of amides is 1. The van der Waals surface area contributed by atoms with Crippen molar-refractivity contribution >= 4 is 18.3 Å². The first-order valence-electron chi connectivity index (χ1n) is 9.17. The summed E-state index contributed by atoms with van der Waals surface area (Å²) in [7, 11) is 0. The summed E-state index contributed by atoms with van der Waals surface area (Å²) in [5.74, 6) is 0.627. The molecule has 2 N–H and O–H groups in total. The molecule has 28 heavy (non-hydrogen) atoms. The maximum Gasteiger partial charge on any atom is 0.253 e. The molecular formula is C21H24ClN5O. The van der Waals surface area contributed by atoms with E-state index >= 15 is 0 Å². The molecule has 0 spiro atoms. The van der Waals surface area contributed by atoms with Crippen molar-refractivity contribution in [3.05, 3.63) is 77.9 Å². The van der Waals surface area contributed by atoms with Crippen LogP contribution in [0.25, 0.3) is 5.69 Å². The summed E-state index contributed by atoms with van der Waals surface area (Å²) in [6.07, 6.45) is 3.15. The topological polar surface area (TPSA) is 77.0 Å². The Hall–Kier alpha value is -2.70. The number of hydrogen-bond acceptors (Lipinski definition) is 4. The molecule has 0 unspecified atom stereocenters. The van der Waals surface area contributed by atoms with Gasteiger partial charge in [-0.05, 0) is 48.7 Å². The minimum absolute atomic E-state index is 0. The molecule has 3 aromatic rings. The predicted molar refractivity (Wildman–Crippen MR) is 111 cm³/mol. The van der Waals surface area contributed by atoms with Crippen LogP contribution < -0.4 is 5.73 Å². The number of aryl methyl sites for hydroxylation is 1. The summed E-state index contributed by atoms with van der Waals surface area (Å²) in [4.78, 5) is 19.0. The van der Waals surface area contributed by atoms with Crippen molar-refractivity contribution in [2.45, 2.75) is 12.8 Å². The number of benzene rings is 2. The summed E-state index contributed by atoms with van der Waals surface area (Å²) >= 11 is 0. The van der Waals surface area contributed by atoms with Crippen molar-refractivity contribution in [3.8, 4) is 5.69 Å². The molecule has 1 aliphatic heterocycles. The Balaban J connectivity index is 0.00000225. The molecule has 146 valence electrons. The van der Waals surface area contributed by atoms with E-state index in [4.69, 9.17) is 5.73 Å². The second-order valence-electron chi connectivity index (χ2n) is 7.06. The van der Waals surface area contributed by atoms with Crippen LogP contribution in [0, 0.1) is 12.8 Å². The van der Waals surface area contributed by atoms with Crippen molar-refractivity contribution in [2.75, 3.05) is 19.6 Å². The van der Waals surface area contributed by atoms with Gasteiger partial charge in [0.25, 0.3) is 5.91 Å². The molecule has 0 radical (unpaired) electrons. The highest BCUT2D eigenvalue weighted by atomic mass is 35.5. The predicted octanol–water partition coefficient (Wildman–Crippen LogP) is 2.81. The summed E-state index contributed by atoms with van der Waals surface area (Å²) < 4.78 is 1.70. The average Bonchev–Trinajstić information content (AvgIpc) is 3.38. The van der Waals surface area contributed by atoms with Crippen LogP contribution in [0.4, 0.5) is 0 Å².